The quantitative estimate of drug-likeness (QED) is 0.173. The van der Waals surface area contributed by atoms with Crippen molar-refractivity contribution in [2.45, 2.75) is 82.2 Å². The highest BCUT2D eigenvalue weighted by Crippen LogP contribution is 2.48. The molecule has 2 saturated carbocycles. The molecule has 0 spiro atoms. The van der Waals surface area contributed by atoms with Gasteiger partial charge in [-0.25, -0.2) is 8.42 Å². The van der Waals surface area contributed by atoms with E-state index in [0.717, 1.165) is 24.8 Å². The highest BCUT2D eigenvalue weighted by Gasteiger charge is 2.45. The molecule has 1 N–H and O–H groups in total. The zero-order chi connectivity index (χ0) is 34.0. The van der Waals surface area contributed by atoms with Crippen molar-refractivity contribution in [2.24, 2.45) is 5.41 Å². The Kier molecular flexibility index (Phi) is 9.98. The van der Waals surface area contributed by atoms with Gasteiger partial charge in [-0.3, -0.25) is 9.59 Å². The number of nitrogens with zero attached hydrogens (tertiary/aromatic N) is 3. The van der Waals surface area contributed by atoms with Crippen LogP contribution in [-0.2, 0) is 26.6 Å². The van der Waals surface area contributed by atoms with Gasteiger partial charge in [-0.05, 0) is 55.4 Å². The number of aromatic nitrogens is 3. The van der Waals surface area contributed by atoms with E-state index in [-0.39, 0.29) is 36.8 Å². The first-order valence-corrected chi connectivity index (χ1v) is 17.5. The van der Waals surface area contributed by atoms with Gasteiger partial charge in [0.2, 0.25) is 5.95 Å². The van der Waals surface area contributed by atoms with Crippen LogP contribution in [0.15, 0.2) is 48.5 Å². The first kappa shape index (κ1) is 34.7. The Morgan fingerprint density at radius 2 is 1.66 bits per heavy atom. The summed E-state index contributed by atoms with van der Waals surface area (Å²) < 4.78 is 68.5. The number of nitrogens with one attached hydrogen (secondary N) is 1. The molecule has 0 unspecified atom stereocenters. The molecule has 252 valence electrons. The van der Waals surface area contributed by atoms with Gasteiger partial charge in [0.1, 0.15) is 11.6 Å². The number of anilines is 1. The number of Topliss-reactive ketones (excluding diaryl/α,β-unsaturated/α-hetero) is 2. The summed E-state index contributed by atoms with van der Waals surface area (Å²) in [6.45, 7) is 1.76. The molecule has 1 aromatic heterocycles. The third-order valence-electron chi connectivity index (χ3n) is 8.79. The molecule has 1 heterocycles. The van der Waals surface area contributed by atoms with Crippen LogP contribution in [0.2, 0.25) is 5.02 Å². The monoisotopic (exact) mass is 692 g/mol. The minimum Gasteiger partial charge on any atom is -0.454 e. The Balaban J connectivity index is 1.24. The summed E-state index contributed by atoms with van der Waals surface area (Å²) in [5.74, 6) is -0.858. The van der Waals surface area contributed by atoms with Crippen LogP contribution < -0.4 is 10.1 Å². The van der Waals surface area contributed by atoms with Crippen molar-refractivity contribution < 1.29 is 35.9 Å². The van der Waals surface area contributed by atoms with Crippen molar-refractivity contribution >= 4 is 39.0 Å². The van der Waals surface area contributed by atoms with Crippen LogP contribution in [0.25, 0.3) is 0 Å². The molecule has 0 radical (unpaired) electrons. The maximum absolute atomic E-state index is 13.0. The van der Waals surface area contributed by atoms with Gasteiger partial charge in [0, 0.05) is 28.8 Å². The molecule has 0 bridgehead atoms. The van der Waals surface area contributed by atoms with E-state index < -0.39 is 56.4 Å². The highest BCUT2D eigenvalue weighted by molar-refractivity contribution is 7.92. The van der Waals surface area contributed by atoms with Crippen LogP contribution in [0.3, 0.4) is 0 Å². The van der Waals surface area contributed by atoms with E-state index in [4.69, 9.17) is 16.3 Å². The second-order valence-corrected chi connectivity index (χ2v) is 15.7. The Morgan fingerprint density at radius 3 is 2.23 bits per heavy atom. The fourth-order valence-corrected chi connectivity index (χ4v) is 7.43. The summed E-state index contributed by atoms with van der Waals surface area (Å²) >= 11 is 6.03. The number of hydrogen-bond donors (Lipinski definition) is 1. The molecule has 9 nitrogen and oxygen atoms in total. The molecule has 5 rings (SSSR count). The summed E-state index contributed by atoms with van der Waals surface area (Å²) in [4.78, 5) is 38.4. The summed E-state index contributed by atoms with van der Waals surface area (Å²) in [7, 11) is -3.48. The molecule has 3 aromatic rings. The van der Waals surface area contributed by atoms with E-state index in [2.05, 4.69) is 20.3 Å². The van der Waals surface area contributed by atoms with Crippen molar-refractivity contribution in [1.82, 2.24) is 15.0 Å². The molecular weight excluding hydrogens is 657 g/mol. The van der Waals surface area contributed by atoms with Gasteiger partial charge >= 0.3 is 12.2 Å². The van der Waals surface area contributed by atoms with E-state index >= 15 is 0 Å². The summed E-state index contributed by atoms with van der Waals surface area (Å²) in [6.07, 6.45) is -0.652. The standard InChI is InChI=1S/C33H36ClF3N4O5S/c1-31(2,27(43)19-47(44,45)25-4-3-5-25)15-14-26(42)22-8-6-21(7-9-22)18-28-38-29(40-30(39-28)46-20-33(35,36)37)41-32(16-17-32)23-10-12-24(34)13-11-23/h6-13,25H,3-5,14-20H2,1-2H3,(H,38,39,40,41). The molecule has 2 fully saturated rings. The number of carbonyl (C=O) groups is 2. The van der Waals surface area contributed by atoms with Gasteiger partial charge in [0.15, 0.2) is 28.0 Å². The van der Waals surface area contributed by atoms with E-state index in [1.165, 1.54) is 0 Å². The zero-order valence-electron chi connectivity index (χ0n) is 26.1. The molecule has 2 aromatic carbocycles. The van der Waals surface area contributed by atoms with Crippen LogP contribution in [0, 0.1) is 5.41 Å². The Morgan fingerprint density at radius 1 is 1.00 bits per heavy atom. The lowest BCUT2D eigenvalue weighted by atomic mass is 9.82. The van der Waals surface area contributed by atoms with Crippen LogP contribution >= 0.6 is 11.6 Å². The van der Waals surface area contributed by atoms with E-state index in [1.807, 2.05) is 12.1 Å². The van der Waals surface area contributed by atoms with Gasteiger partial charge in [0.05, 0.1) is 10.8 Å². The van der Waals surface area contributed by atoms with Gasteiger partial charge in [-0.15, -0.1) is 0 Å². The van der Waals surface area contributed by atoms with Crippen molar-refractivity contribution in [3.63, 3.8) is 0 Å². The SMILES string of the molecule is CC(C)(CCC(=O)c1ccc(Cc2nc(NC3(c4ccc(Cl)cc4)CC3)nc(OCC(F)(F)F)n2)cc1)C(=O)CS(=O)(=O)C1CCC1. The van der Waals surface area contributed by atoms with Crippen molar-refractivity contribution in [2.75, 3.05) is 17.7 Å². The van der Waals surface area contributed by atoms with Crippen LogP contribution in [0.4, 0.5) is 19.1 Å². The number of alkyl halides is 3. The van der Waals surface area contributed by atoms with E-state index in [1.54, 1.807) is 50.2 Å². The normalized spacial score (nSPS) is 16.3. The average Bonchev–Trinajstić information content (AvgIpc) is 3.74. The third kappa shape index (κ3) is 9.07. The lowest BCUT2D eigenvalue weighted by molar-refractivity contribution is -0.154. The van der Waals surface area contributed by atoms with E-state index in [0.29, 0.717) is 29.0 Å². The zero-order valence-corrected chi connectivity index (χ0v) is 27.6. The average molecular weight is 693 g/mol. The van der Waals surface area contributed by atoms with E-state index in [9.17, 15) is 31.2 Å². The summed E-state index contributed by atoms with van der Waals surface area (Å²) in [5, 5.41) is 3.38. The fourth-order valence-electron chi connectivity index (χ4n) is 5.26. The first-order chi connectivity index (χ1) is 22.0. The van der Waals surface area contributed by atoms with Crippen LogP contribution in [0.1, 0.15) is 86.1 Å². The maximum Gasteiger partial charge on any atom is 0.422 e. The van der Waals surface area contributed by atoms with Crippen molar-refractivity contribution in [3.8, 4) is 6.01 Å². The molecule has 0 saturated heterocycles. The number of carbonyl (C=O) groups excluding carboxylic acids is 2. The molecule has 2 aliphatic rings. The number of hydrogen-bond acceptors (Lipinski definition) is 9. The summed E-state index contributed by atoms with van der Waals surface area (Å²) in [5.41, 5.74) is 0.570. The fraction of sp³-hybridized carbons (Fsp3) is 0.485. The lowest BCUT2D eigenvalue weighted by Gasteiger charge is -2.28. The van der Waals surface area contributed by atoms with Gasteiger partial charge < -0.3 is 10.1 Å². The van der Waals surface area contributed by atoms with Gasteiger partial charge in [-0.1, -0.05) is 68.3 Å². The van der Waals surface area contributed by atoms with Gasteiger partial charge in [-0.2, -0.15) is 28.1 Å². The van der Waals surface area contributed by atoms with Gasteiger partial charge in [0.25, 0.3) is 0 Å². The largest absolute Gasteiger partial charge is 0.454 e. The van der Waals surface area contributed by atoms with Crippen molar-refractivity contribution in [3.05, 3.63) is 76.1 Å². The van der Waals surface area contributed by atoms with Crippen LogP contribution in [0.5, 0.6) is 6.01 Å². The predicted octanol–water partition coefficient (Wildman–Crippen LogP) is 6.68. The van der Waals surface area contributed by atoms with Crippen molar-refractivity contribution in [1.29, 1.82) is 0 Å². The Labute approximate surface area is 276 Å². The second-order valence-electron chi connectivity index (χ2n) is 12.9. The molecular formula is C33H36ClF3N4O5S. The Hall–Kier alpha value is -3.58. The number of ether oxygens (including phenoxy) is 1. The molecule has 47 heavy (non-hydrogen) atoms. The molecule has 0 amide bonds. The number of halogens is 4. The lowest BCUT2D eigenvalue weighted by Crippen LogP contribution is -2.38. The maximum atomic E-state index is 13.0. The molecule has 0 atom stereocenters. The minimum absolute atomic E-state index is 0.0549. The first-order valence-electron chi connectivity index (χ1n) is 15.4. The number of ketones is 2. The smallest absolute Gasteiger partial charge is 0.422 e. The topological polar surface area (TPSA) is 128 Å². The second kappa shape index (κ2) is 13.5. The third-order valence-corrected chi connectivity index (χ3v) is 11.2. The number of rotatable bonds is 15. The Bertz CT molecular complexity index is 1720. The number of benzene rings is 2. The highest BCUT2D eigenvalue weighted by atomic mass is 35.5. The number of sulfone groups is 1. The molecule has 0 aliphatic heterocycles. The predicted molar refractivity (Wildman–Crippen MR) is 170 cm³/mol. The minimum atomic E-state index is -4.58. The van der Waals surface area contributed by atoms with Crippen LogP contribution in [-0.4, -0.2) is 58.7 Å². The summed E-state index contributed by atoms with van der Waals surface area (Å²) in [6, 6.07) is 13.4. The molecule has 2 aliphatic carbocycles. The molecule has 14 heteroatoms.